The van der Waals surface area contributed by atoms with Crippen LogP contribution in [0, 0.1) is 5.41 Å². The minimum Gasteiger partial charge on any atom is -0.491 e. The molecule has 12 heteroatoms. The summed E-state index contributed by atoms with van der Waals surface area (Å²) in [5, 5.41) is 0. The number of carbonyl (C=O) groups is 2. The van der Waals surface area contributed by atoms with Crippen LogP contribution in [0.15, 0.2) is 15.5 Å². The zero-order chi connectivity index (χ0) is 27.5. The second kappa shape index (κ2) is 11.8. The number of methoxy groups -OCH3 is 1. The summed E-state index contributed by atoms with van der Waals surface area (Å²) in [4.78, 5) is 41.2. The Balaban J connectivity index is 2.48. The average molecular weight is 593 g/mol. The van der Waals surface area contributed by atoms with Gasteiger partial charge in [-0.25, -0.2) is 4.79 Å². The first kappa shape index (κ1) is 30.5. The Morgan fingerprint density at radius 3 is 2.31 bits per heavy atom. The highest BCUT2D eigenvalue weighted by atomic mass is 79.9. The highest BCUT2D eigenvalue weighted by molar-refractivity contribution is 9.10. The molecule has 0 bridgehead atoms. The Labute approximate surface area is 221 Å². The quantitative estimate of drug-likeness (QED) is 0.345. The minimum atomic E-state index is -3.32. The van der Waals surface area contributed by atoms with Gasteiger partial charge in [0.25, 0.3) is 0 Å². The number of aromatic nitrogens is 1. The van der Waals surface area contributed by atoms with Gasteiger partial charge < -0.3 is 28.0 Å². The predicted molar refractivity (Wildman–Crippen MR) is 140 cm³/mol. The van der Waals surface area contributed by atoms with Crippen LogP contribution in [-0.4, -0.2) is 66.0 Å². The number of fused-ring (bicyclic) bond motifs is 1. The largest absolute Gasteiger partial charge is 0.491 e. The highest BCUT2D eigenvalue weighted by Gasteiger charge is 2.49. The fraction of sp³-hybridized carbons (Fsp3) is 0.708. The van der Waals surface area contributed by atoms with Crippen molar-refractivity contribution in [1.29, 1.82) is 0 Å². The number of nitrogens with zero attached hydrogens (tertiary/aromatic N) is 2. The minimum absolute atomic E-state index is 0.0425. The molecule has 36 heavy (non-hydrogen) atoms. The van der Waals surface area contributed by atoms with Crippen LogP contribution in [0.4, 0.5) is 4.79 Å². The summed E-state index contributed by atoms with van der Waals surface area (Å²) in [5.41, 5.74) is -2.10. The van der Waals surface area contributed by atoms with Crippen molar-refractivity contribution in [3.8, 4) is 5.75 Å². The highest BCUT2D eigenvalue weighted by Crippen LogP contribution is 2.48. The topological polar surface area (TPSA) is 113 Å². The number of ether oxygens (including phenoxy) is 2. The summed E-state index contributed by atoms with van der Waals surface area (Å²) < 4.78 is 36.6. The third-order valence-corrected chi connectivity index (χ3v) is 8.62. The number of amides is 1. The van der Waals surface area contributed by atoms with Crippen LogP contribution in [0.1, 0.15) is 65.4 Å². The van der Waals surface area contributed by atoms with Gasteiger partial charge in [-0.3, -0.25) is 14.2 Å². The van der Waals surface area contributed by atoms with E-state index in [9.17, 15) is 18.9 Å². The van der Waals surface area contributed by atoms with Crippen molar-refractivity contribution >= 4 is 35.4 Å². The molecule has 1 atom stereocenters. The number of carbonyl (C=O) groups excluding carboxylic acids is 2. The number of rotatable bonds is 10. The lowest BCUT2D eigenvalue weighted by atomic mass is 9.75. The summed E-state index contributed by atoms with van der Waals surface area (Å²) in [7, 11) is -1.97. The molecule has 0 radical (unpaired) electrons. The molecule has 1 aromatic heterocycles. The number of Topliss-reactive ketones (excluding diaryl/α,β-unsaturated/α-hetero) is 1. The fourth-order valence-corrected chi connectivity index (χ4v) is 6.30. The third kappa shape index (κ3) is 6.79. The second-order valence-corrected chi connectivity index (χ2v) is 13.1. The summed E-state index contributed by atoms with van der Waals surface area (Å²) in [6.45, 7) is 13.1. The van der Waals surface area contributed by atoms with Crippen molar-refractivity contribution in [2.75, 3.05) is 33.0 Å². The second-order valence-electron chi connectivity index (χ2n) is 10.1. The summed E-state index contributed by atoms with van der Waals surface area (Å²) in [6, 6.07) is -0.620. The van der Waals surface area contributed by atoms with E-state index < -0.39 is 36.2 Å². The number of halogens is 1. The zero-order valence-electron chi connectivity index (χ0n) is 22.4. The summed E-state index contributed by atoms with van der Waals surface area (Å²) in [5.74, 6) is -0.373. The number of hydrogen-bond acceptors (Lipinski definition) is 8. The van der Waals surface area contributed by atoms with Crippen LogP contribution in [0.2, 0.25) is 0 Å². The van der Waals surface area contributed by atoms with Gasteiger partial charge in [-0.2, -0.15) is 0 Å². The van der Waals surface area contributed by atoms with Gasteiger partial charge in [0.05, 0.1) is 42.4 Å². The van der Waals surface area contributed by atoms with Gasteiger partial charge >= 0.3 is 13.7 Å². The van der Waals surface area contributed by atoms with E-state index in [2.05, 4.69) is 15.9 Å². The number of ketones is 1. The van der Waals surface area contributed by atoms with Gasteiger partial charge in [0.1, 0.15) is 11.3 Å². The number of pyridine rings is 1. The molecule has 1 amide bonds. The van der Waals surface area contributed by atoms with E-state index in [-0.39, 0.29) is 54.2 Å². The Bertz CT molecular complexity index is 1070. The van der Waals surface area contributed by atoms with E-state index >= 15 is 0 Å². The molecule has 2 rings (SSSR count). The first-order chi connectivity index (χ1) is 16.6. The first-order valence-corrected chi connectivity index (χ1v) is 14.5. The third-order valence-electron chi connectivity index (χ3n) is 5.89. The molecule has 0 saturated carbocycles. The average Bonchev–Trinajstić information content (AvgIpc) is 2.75. The smallest absolute Gasteiger partial charge is 0.410 e. The molecule has 0 saturated heterocycles. The van der Waals surface area contributed by atoms with E-state index in [0.29, 0.717) is 6.42 Å². The van der Waals surface area contributed by atoms with Gasteiger partial charge in [0.15, 0.2) is 11.5 Å². The zero-order valence-corrected chi connectivity index (χ0v) is 24.9. The van der Waals surface area contributed by atoms with Crippen LogP contribution in [0.5, 0.6) is 5.75 Å². The molecule has 10 nitrogen and oxygen atoms in total. The van der Waals surface area contributed by atoms with Gasteiger partial charge in [-0.05, 0) is 57.0 Å². The van der Waals surface area contributed by atoms with E-state index in [0.717, 1.165) is 0 Å². The van der Waals surface area contributed by atoms with Crippen molar-refractivity contribution in [2.24, 2.45) is 5.41 Å². The molecule has 0 N–H and O–H groups in total. The van der Waals surface area contributed by atoms with E-state index in [1.807, 2.05) is 0 Å². The van der Waals surface area contributed by atoms with Crippen LogP contribution < -0.4 is 10.2 Å². The molecular formula is C24H38BrN2O8P. The normalized spacial score (nSPS) is 17.5. The fourth-order valence-electron chi connectivity index (χ4n) is 4.22. The molecule has 2 heterocycles. The SMILES string of the molecule is CCOP(=O)(CCCN(C(=O)OC(C)(C)C)C1Cn2cc(Br)c(=O)c(OC)c2C(=O)C1(C)C)OCC. The van der Waals surface area contributed by atoms with Gasteiger partial charge in [0, 0.05) is 19.3 Å². The molecule has 0 aliphatic carbocycles. The molecule has 1 aliphatic rings. The Kier molecular flexibility index (Phi) is 10.0. The molecule has 204 valence electrons. The summed E-state index contributed by atoms with van der Waals surface area (Å²) >= 11 is 3.24. The maximum absolute atomic E-state index is 13.7. The van der Waals surface area contributed by atoms with Crippen LogP contribution in [0.3, 0.4) is 0 Å². The molecule has 0 fully saturated rings. The Hall–Kier alpha value is -1.68. The van der Waals surface area contributed by atoms with Crippen LogP contribution in [-0.2, 0) is 24.9 Å². The molecule has 1 aliphatic heterocycles. The maximum atomic E-state index is 13.7. The lowest BCUT2D eigenvalue weighted by Gasteiger charge is -2.45. The maximum Gasteiger partial charge on any atom is 0.410 e. The summed E-state index contributed by atoms with van der Waals surface area (Å²) in [6.07, 6.45) is 1.36. The van der Waals surface area contributed by atoms with Crippen LogP contribution in [0.25, 0.3) is 0 Å². The van der Waals surface area contributed by atoms with E-state index in [1.165, 1.54) is 18.2 Å². The van der Waals surface area contributed by atoms with Gasteiger partial charge in [-0.15, -0.1) is 0 Å². The molecule has 1 aromatic rings. The van der Waals surface area contributed by atoms with E-state index in [1.54, 1.807) is 53.0 Å². The lowest BCUT2D eigenvalue weighted by Crippen LogP contribution is -2.58. The van der Waals surface area contributed by atoms with Crippen molar-refractivity contribution in [3.63, 3.8) is 0 Å². The Morgan fingerprint density at radius 1 is 1.22 bits per heavy atom. The standard InChI is InChI=1S/C24H38BrN2O8P/c1-9-33-36(31,34-10-2)13-11-12-27(22(30)35-23(3,4)5)17-15-26-14-16(25)19(28)20(32-8)18(26)21(29)24(17,6)7/h14,17H,9-13,15H2,1-8H3. The predicted octanol–water partition coefficient (Wildman–Crippen LogP) is 5.10. The Morgan fingerprint density at radius 2 is 1.81 bits per heavy atom. The van der Waals surface area contributed by atoms with Crippen molar-refractivity contribution < 1.29 is 32.7 Å². The van der Waals surface area contributed by atoms with Crippen molar-refractivity contribution in [1.82, 2.24) is 9.47 Å². The van der Waals surface area contributed by atoms with Crippen LogP contribution >= 0.6 is 23.5 Å². The van der Waals surface area contributed by atoms with Crippen molar-refractivity contribution in [2.45, 2.75) is 73.1 Å². The molecule has 0 aromatic carbocycles. The van der Waals surface area contributed by atoms with Gasteiger partial charge in [0.2, 0.25) is 5.43 Å². The molecule has 0 spiro atoms. The molecule has 1 unspecified atom stereocenters. The number of hydrogen-bond donors (Lipinski definition) is 0. The lowest BCUT2D eigenvalue weighted by molar-refractivity contribution is -0.00430. The van der Waals surface area contributed by atoms with Crippen molar-refractivity contribution in [3.05, 3.63) is 26.6 Å². The van der Waals surface area contributed by atoms with E-state index in [4.69, 9.17) is 18.5 Å². The monoisotopic (exact) mass is 592 g/mol. The first-order valence-electron chi connectivity index (χ1n) is 12.0. The van der Waals surface area contributed by atoms with Gasteiger partial charge in [-0.1, -0.05) is 13.8 Å². The molecular weight excluding hydrogens is 555 g/mol.